The second-order valence-electron chi connectivity index (χ2n) is 6.87. The average Bonchev–Trinajstić information content (AvgIpc) is 3.00. The minimum Gasteiger partial charge on any atom is -0.462 e. The van der Waals surface area contributed by atoms with E-state index in [2.05, 4.69) is 9.82 Å². The number of nitrogens with one attached hydrogen (secondary N) is 1. The van der Waals surface area contributed by atoms with Crippen LogP contribution in [0.1, 0.15) is 39.8 Å². The maximum Gasteiger partial charge on any atom is 0.338 e. The number of aryl methyl sites for hydroxylation is 1. The molecule has 0 spiro atoms. The fourth-order valence-electron chi connectivity index (χ4n) is 3.16. The van der Waals surface area contributed by atoms with Crippen molar-refractivity contribution in [1.82, 2.24) is 14.5 Å². The second kappa shape index (κ2) is 9.23. The third-order valence-electron chi connectivity index (χ3n) is 4.80. The molecule has 0 aliphatic heterocycles. The van der Waals surface area contributed by atoms with E-state index in [1.54, 1.807) is 6.92 Å². The van der Waals surface area contributed by atoms with E-state index in [9.17, 15) is 13.2 Å². The number of carbonyl (C=O) groups excluding carboxylic acids is 1. The van der Waals surface area contributed by atoms with Crippen LogP contribution in [0.2, 0.25) is 0 Å². The van der Waals surface area contributed by atoms with Crippen LogP contribution in [0.15, 0.2) is 59.5 Å². The minimum atomic E-state index is -3.81. The van der Waals surface area contributed by atoms with Gasteiger partial charge in [-0.25, -0.2) is 17.9 Å². The van der Waals surface area contributed by atoms with Crippen molar-refractivity contribution in [3.63, 3.8) is 0 Å². The van der Waals surface area contributed by atoms with Gasteiger partial charge in [0.05, 0.1) is 29.3 Å². The molecule has 0 radical (unpaired) electrons. The van der Waals surface area contributed by atoms with Crippen molar-refractivity contribution in [2.45, 2.75) is 38.8 Å². The van der Waals surface area contributed by atoms with Gasteiger partial charge in [0, 0.05) is 17.8 Å². The third kappa shape index (κ3) is 4.95. The first-order valence-electron chi connectivity index (χ1n) is 9.65. The summed E-state index contributed by atoms with van der Waals surface area (Å²) < 4.78 is 35.0. The summed E-state index contributed by atoms with van der Waals surface area (Å²) >= 11 is 0. The standard InChI is InChI=1S/C22H25N3O4S/c1-4-29-22(26)19-11-8-12-20(13-19)30(27,28)23-14-21-16(2)24-25(17(21)3)15-18-9-6-5-7-10-18/h5-13,23H,4,14-15H2,1-3H3. The van der Waals surface area contributed by atoms with Gasteiger partial charge in [-0.05, 0) is 44.5 Å². The zero-order valence-corrected chi connectivity index (χ0v) is 18.1. The van der Waals surface area contributed by atoms with Crippen molar-refractivity contribution in [1.29, 1.82) is 0 Å². The average molecular weight is 428 g/mol. The van der Waals surface area contributed by atoms with Crippen molar-refractivity contribution in [3.05, 3.63) is 82.7 Å². The highest BCUT2D eigenvalue weighted by Crippen LogP contribution is 2.17. The lowest BCUT2D eigenvalue weighted by Crippen LogP contribution is -2.24. The van der Waals surface area contributed by atoms with E-state index >= 15 is 0 Å². The molecule has 0 amide bonds. The molecule has 3 rings (SSSR count). The fourth-order valence-corrected chi connectivity index (χ4v) is 4.20. The lowest BCUT2D eigenvalue weighted by Gasteiger charge is -2.09. The first-order chi connectivity index (χ1) is 14.3. The van der Waals surface area contributed by atoms with Crippen LogP contribution in [0.4, 0.5) is 0 Å². The molecule has 0 saturated carbocycles. The number of nitrogens with zero attached hydrogens (tertiary/aromatic N) is 2. The Labute approximate surface area is 176 Å². The lowest BCUT2D eigenvalue weighted by atomic mass is 10.2. The molecule has 1 heterocycles. The summed E-state index contributed by atoms with van der Waals surface area (Å²) in [5.41, 5.74) is 3.82. The molecule has 7 nitrogen and oxygen atoms in total. The van der Waals surface area contributed by atoms with Gasteiger partial charge in [0.25, 0.3) is 0 Å². The number of benzene rings is 2. The van der Waals surface area contributed by atoms with Crippen molar-refractivity contribution < 1.29 is 17.9 Å². The van der Waals surface area contributed by atoms with Crippen molar-refractivity contribution in [3.8, 4) is 0 Å². The van der Waals surface area contributed by atoms with Gasteiger partial charge < -0.3 is 4.74 Å². The van der Waals surface area contributed by atoms with Gasteiger partial charge >= 0.3 is 5.97 Å². The smallest absolute Gasteiger partial charge is 0.338 e. The maximum absolute atomic E-state index is 12.8. The molecule has 0 fully saturated rings. The molecule has 0 bridgehead atoms. The number of rotatable bonds is 8. The van der Waals surface area contributed by atoms with E-state index in [4.69, 9.17) is 4.74 Å². The molecule has 0 aliphatic rings. The second-order valence-corrected chi connectivity index (χ2v) is 8.63. The Kier molecular flexibility index (Phi) is 6.69. The molecule has 0 aliphatic carbocycles. The lowest BCUT2D eigenvalue weighted by molar-refractivity contribution is 0.0526. The molecule has 1 aromatic heterocycles. The van der Waals surface area contributed by atoms with E-state index < -0.39 is 16.0 Å². The minimum absolute atomic E-state index is 0.0139. The van der Waals surface area contributed by atoms with Crippen LogP contribution in [0.25, 0.3) is 0 Å². The molecule has 0 atom stereocenters. The van der Waals surface area contributed by atoms with E-state index in [0.29, 0.717) is 6.54 Å². The van der Waals surface area contributed by atoms with Crippen LogP contribution in [0, 0.1) is 13.8 Å². The Morgan fingerprint density at radius 1 is 1.10 bits per heavy atom. The number of hydrogen-bond acceptors (Lipinski definition) is 5. The number of ether oxygens (including phenoxy) is 1. The van der Waals surface area contributed by atoms with Gasteiger partial charge in [-0.15, -0.1) is 0 Å². The highest BCUT2D eigenvalue weighted by molar-refractivity contribution is 7.89. The number of carbonyl (C=O) groups is 1. The molecule has 0 saturated heterocycles. The fraction of sp³-hybridized carbons (Fsp3) is 0.273. The summed E-state index contributed by atoms with van der Waals surface area (Å²) in [4.78, 5) is 11.9. The Morgan fingerprint density at radius 3 is 2.53 bits per heavy atom. The Bertz CT molecular complexity index is 1140. The molecule has 30 heavy (non-hydrogen) atoms. The maximum atomic E-state index is 12.8. The Balaban J connectivity index is 1.76. The van der Waals surface area contributed by atoms with Crippen molar-refractivity contribution >= 4 is 16.0 Å². The molecule has 158 valence electrons. The first kappa shape index (κ1) is 21.7. The van der Waals surface area contributed by atoms with Gasteiger partial charge in [-0.3, -0.25) is 4.68 Å². The first-order valence-corrected chi connectivity index (χ1v) is 11.1. The van der Waals surface area contributed by atoms with Crippen molar-refractivity contribution in [2.75, 3.05) is 6.61 Å². The van der Waals surface area contributed by atoms with E-state index in [-0.39, 0.29) is 23.6 Å². The van der Waals surface area contributed by atoms with Gasteiger partial charge in [0.15, 0.2) is 0 Å². The van der Waals surface area contributed by atoms with Gasteiger partial charge in [-0.2, -0.15) is 5.10 Å². The summed E-state index contributed by atoms with van der Waals surface area (Å²) in [5.74, 6) is -0.552. The van der Waals surface area contributed by atoms with E-state index in [1.165, 1.54) is 24.3 Å². The molecular formula is C22H25N3O4S. The number of hydrogen-bond donors (Lipinski definition) is 1. The summed E-state index contributed by atoms with van der Waals surface area (Å²) in [7, 11) is -3.81. The molecule has 8 heteroatoms. The number of aromatic nitrogens is 2. The summed E-state index contributed by atoms with van der Waals surface area (Å²) in [6.07, 6.45) is 0. The normalized spacial score (nSPS) is 11.4. The molecule has 0 unspecified atom stereocenters. The van der Waals surface area contributed by atoms with Crippen LogP contribution in [-0.2, 0) is 27.8 Å². The van der Waals surface area contributed by atoms with Crippen LogP contribution in [0.3, 0.4) is 0 Å². The van der Waals surface area contributed by atoms with Crippen LogP contribution in [0.5, 0.6) is 0 Å². The van der Waals surface area contributed by atoms with Crippen LogP contribution < -0.4 is 4.72 Å². The largest absolute Gasteiger partial charge is 0.462 e. The molecule has 3 aromatic rings. The molecule has 2 aromatic carbocycles. The van der Waals surface area contributed by atoms with Gasteiger partial charge in [-0.1, -0.05) is 36.4 Å². The van der Waals surface area contributed by atoms with Crippen LogP contribution in [-0.4, -0.2) is 30.8 Å². The van der Waals surface area contributed by atoms with Gasteiger partial charge in [0.1, 0.15) is 0 Å². The van der Waals surface area contributed by atoms with E-state index in [1.807, 2.05) is 48.9 Å². The zero-order valence-electron chi connectivity index (χ0n) is 17.3. The zero-order chi connectivity index (χ0) is 21.7. The highest BCUT2D eigenvalue weighted by atomic mass is 32.2. The SMILES string of the molecule is CCOC(=O)c1cccc(S(=O)(=O)NCc2c(C)nn(Cc3ccccc3)c2C)c1. The number of sulfonamides is 1. The summed E-state index contributed by atoms with van der Waals surface area (Å²) in [5, 5.41) is 4.56. The summed E-state index contributed by atoms with van der Waals surface area (Å²) in [6, 6.07) is 15.8. The third-order valence-corrected chi connectivity index (χ3v) is 6.20. The Hall–Kier alpha value is -2.97. The van der Waals surface area contributed by atoms with Gasteiger partial charge in [0.2, 0.25) is 10.0 Å². The topological polar surface area (TPSA) is 90.3 Å². The highest BCUT2D eigenvalue weighted by Gasteiger charge is 2.19. The van der Waals surface area contributed by atoms with Crippen LogP contribution >= 0.6 is 0 Å². The molecular weight excluding hydrogens is 402 g/mol. The van der Waals surface area contributed by atoms with E-state index in [0.717, 1.165) is 22.5 Å². The quantitative estimate of drug-likeness (QED) is 0.558. The van der Waals surface area contributed by atoms with Crippen molar-refractivity contribution in [2.24, 2.45) is 0 Å². The number of esters is 1. The predicted octanol–water partition coefficient (Wildman–Crippen LogP) is 3.20. The molecule has 1 N–H and O–H groups in total. The predicted molar refractivity (Wildman–Crippen MR) is 114 cm³/mol. The monoisotopic (exact) mass is 427 g/mol. The Morgan fingerprint density at radius 2 is 1.83 bits per heavy atom. The summed E-state index contributed by atoms with van der Waals surface area (Å²) in [6.45, 7) is 6.43.